The number of carbonyl (C=O) groups is 1. The second-order valence-corrected chi connectivity index (χ2v) is 5.94. The molecule has 3 rings (SSSR count). The third kappa shape index (κ3) is 2.71. The highest BCUT2D eigenvalue weighted by Gasteiger charge is 2.46. The Morgan fingerprint density at radius 3 is 2.43 bits per heavy atom. The summed E-state index contributed by atoms with van der Waals surface area (Å²) in [6.45, 7) is 2.16. The van der Waals surface area contributed by atoms with Crippen molar-refractivity contribution in [3.05, 3.63) is 59.7 Å². The zero-order chi connectivity index (χ0) is 14.9. The Bertz CT molecular complexity index is 655. The van der Waals surface area contributed by atoms with Crippen LogP contribution >= 0.6 is 0 Å². The number of hydrogen-bond acceptors (Lipinski definition) is 1. The minimum Gasteiger partial charge on any atom is -0.481 e. The van der Waals surface area contributed by atoms with Gasteiger partial charge in [0.05, 0.1) is 6.42 Å². The van der Waals surface area contributed by atoms with E-state index in [1.807, 2.05) is 18.2 Å². The first-order valence-corrected chi connectivity index (χ1v) is 7.55. The summed E-state index contributed by atoms with van der Waals surface area (Å²) in [5, 5.41) is 9.14. The minimum atomic E-state index is -0.701. The first-order valence-electron chi connectivity index (χ1n) is 7.55. The summed E-state index contributed by atoms with van der Waals surface area (Å²) in [5.41, 5.74) is 4.83. The van der Waals surface area contributed by atoms with Crippen molar-refractivity contribution in [3.63, 3.8) is 0 Å². The average Bonchev–Trinajstić information content (AvgIpc) is 3.27. The van der Waals surface area contributed by atoms with E-state index < -0.39 is 5.97 Å². The third-order valence-electron chi connectivity index (χ3n) is 4.53. The lowest BCUT2D eigenvalue weighted by Gasteiger charge is -2.17. The highest BCUT2D eigenvalue weighted by molar-refractivity contribution is 5.72. The molecule has 1 saturated carbocycles. The SMILES string of the molecule is CCc1ccc(C2(CC(=O)O)CC2)cc1-c1ccccc1. The van der Waals surface area contributed by atoms with E-state index in [0.717, 1.165) is 19.3 Å². The van der Waals surface area contributed by atoms with Gasteiger partial charge in [0, 0.05) is 5.41 Å². The molecule has 0 bridgehead atoms. The maximum absolute atomic E-state index is 11.1. The van der Waals surface area contributed by atoms with Gasteiger partial charge in [-0.2, -0.15) is 0 Å². The van der Waals surface area contributed by atoms with Crippen molar-refractivity contribution < 1.29 is 9.90 Å². The van der Waals surface area contributed by atoms with E-state index in [4.69, 9.17) is 5.11 Å². The first-order chi connectivity index (χ1) is 10.1. The summed E-state index contributed by atoms with van der Waals surface area (Å²) in [6, 6.07) is 16.9. The molecular weight excluding hydrogens is 260 g/mol. The highest BCUT2D eigenvalue weighted by Crippen LogP contribution is 2.51. The lowest BCUT2D eigenvalue weighted by Crippen LogP contribution is -2.13. The van der Waals surface area contributed by atoms with E-state index in [1.54, 1.807) is 0 Å². The monoisotopic (exact) mass is 280 g/mol. The van der Waals surface area contributed by atoms with Crippen molar-refractivity contribution >= 4 is 5.97 Å². The molecule has 2 heteroatoms. The molecule has 0 radical (unpaired) electrons. The van der Waals surface area contributed by atoms with Gasteiger partial charge in [-0.15, -0.1) is 0 Å². The fourth-order valence-corrected chi connectivity index (χ4v) is 3.11. The average molecular weight is 280 g/mol. The maximum atomic E-state index is 11.1. The Balaban J connectivity index is 2.04. The normalized spacial score (nSPS) is 15.7. The standard InChI is InChI=1S/C19H20O2/c1-2-14-8-9-16(19(10-11-19)13-18(20)21)12-17(14)15-6-4-3-5-7-15/h3-9,12H,2,10-11,13H2,1H3,(H,20,21). The topological polar surface area (TPSA) is 37.3 Å². The second-order valence-electron chi connectivity index (χ2n) is 5.94. The van der Waals surface area contributed by atoms with Gasteiger partial charge in [-0.05, 0) is 41.5 Å². The second kappa shape index (κ2) is 5.36. The van der Waals surface area contributed by atoms with Gasteiger partial charge in [-0.3, -0.25) is 4.79 Å². The number of aliphatic carboxylic acids is 1. The summed E-state index contributed by atoms with van der Waals surface area (Å²) in [7, 11) is 0. The zero-order valence-corrected chi connectivity index (χ0v) is 12.3. The van der Waals surface area contributed by atoms with E-state index in [2.05, 4.69) is 37.3 Å². The number of benzene rings is 2. The lowest BCUT2D eigenvalue weighted by molar-refractivity contribution is -0.137. The summed E-state index contributed by atoms with van der Waals surface area (Å²) in [6.07, 6.45) is 3.20. The highest BCUT2D eigenvalue weighted by atomic mass is 16.4. The molecule has 0 saturated heterocycles. The van der Waals surface area contributed by atoms with Gasteiger partial charge in [0.15, 0.2) is 0 Å². The van der Waals surface area contributed by atoms with Crippen molar-refractivity contribution in [2.24, 2.45) is 0 Å². The minimum absolute atomic E-state index is 0.123. The van der Waals surface area contributed by atoms with Crippen LogP contribution in [-0.2, 0) is 16.6 Å². The molecule has 2 aromatic carbocycles. The Hall–Kier alpha value is -2.09. The molecule has 0 spiro atoms. The molecule has 0 aromatic heterocycles. The molecule has 108 valence electrons. The van der Waals surface area contributed by atoms with Crippen LogP contribution in [-0.4, -0.2) is 11.1 Å². The molecule has 0 heterocycles. The number of aryl methyl sites for hydroxylation is 1. The van der Waals surface area contributed by atoms with Crippen LogP contribution in [0.15, 0.2) is 48.5 Å². The van der Waals surface area contributed by atoms with Crippen molar-refractivity contribution in [1.29, 1.82) is 0 Å². The van der Waals surface area contributed by atoms with Crippen LogP contribution in [0.4, 0.5) is 0 Å². The summed E-state index contributed by atoms with van der Waals surface area (Å²) in [5.74, 6) is -0.701. The van der Waals surface area contributed by atoms with Crippen LogP contribution < -0.4 is 0 Å². The van der Waals surface area contributed by atoms with E-state index in [-0.39, 0.29) is 11.8 Å². The van der Waals surface area contributed by atoms with E-state index >= 15 is 0 Å². The molecule has 2 aromatic rings. The molecule has 1 aliphatic carbocycles. The van der Waals surface area contributed by atoms with Gasteiger partial charge < -0.3 is 5.11 Å². The van der Waals surface area contributed by atoms with Crippen molar-refractivity contribution in [3.8, 4) is 11.1 Å². The van der Waals surface area contributed by atoms with Crippen LogP contribution in [0.25, 0.3) is 11.1 Å². The fraction of sp³-hybridized carbons (Fsp3) is 0.316. The van der Waals surface area contributed by atoms with E-state index in [1.165, 1.54) is 22.3 Å². The summed E-state index contributed by atoms with van der Waals surface area (Å²) >= 11 is 0. The van der Waals surface area contributed by atoms with Crippen molar-refractivity contribution in [2.75, 3.05) is 0 Å². The fourth-order valence-electron chi connectivity index (χ4n) is 3.11. The number of hydrogen-bond donors (Lipinski definition) is 1. The van der Waals surface area contributed by atoms with Crippen molar-refractivity contribution in [1.82, 2.24) is 0 Å². The van der Waals surface area contributed by atoms with E-state index in [9.17, 15) is 4.79 Å². The molecule has 21 heavy (non-hydrogen) atoms. The maximum Gasteiger partial charge on any atom is 0.304 e. The smallest absolute Gasteiger partial charge is 0.304 e. The number of rotatable bonds is 5. The Kier molecular flexibility index (Phi) is 3.54. The van der Waals surface area contributed by atoms with Gasteiger partial charge >= 0.3 is 5.97 Å². The third-order valence-corrected chi connectivity index (χ3v) is 4.53. The van der Waals surface area contributed by atoms with Crippen LogP contribution in [0, 0.1) is 0 Å². The van der Waals surface area contributed by atoms with Gasteiger partial charge in [-0.1, -0.05) is 55.5 Å². The molecule has 0 atom stereocenters. The van der Waals surface area contributed by atoms with Crippen LogP contribution in [0.5, 0.6) is 0 Å². The zero-order valence-electron chi connectivity index (χ0n) is 12.3. The Morgan fingerprint density at radius 2 is 1.86 bits per heavy atom. The molecule has 0 amide bonds. The summed E-state index contributed by atoms with van der Waals surface area (Å²) in [4.78, 5) is 11.1. The molecule has 1 N–H and O–H groups in total. The number of carboxylic acids is 1. The van der Waals surface area contributed by atoms with Gasteiger partial charge in [0.25, 0.3) is 0 Å². The predicted molar refractivity (Wildman–Crippen MR) is 84.4 cm³/mol. The molecule has 0 aliphatic heterocycles. The van der Waals surface area contributed by atoms with Gasteiger partial charge in [0.1, 0.15) is 0 Å². The quantitative estimate of drug-likeness (QED) is 0.880. The van der Waals surface area contributed by atoms with Gasteiger partial charge in [-0.25, -0.2) is 0 Å². The lowest BCUT2D eigenvalue weighted by atomic mass is 9.87. The van der Waals surface area contributed by atoms with Crippen molar-refractivity contribution in [2.45, 2.75) is 38.0 Å². The van der Waals surface area contributed by atoms with E-state index in [0.29, 0.717) is 0 Å². The Labute approximate surface area is 125 Å². The largest absolute Gasteiger partial charge is 0.481 e. The van der Waals surface area contributed by atoms with Crippen LogP contribution in [0.1, 0.15) is 37.3 Å². The molecule has 0 unspecified atom stereocenters. The van der Waals surface area contributed by atoms with Crippen LogP contribution in [0.2, 0.25) is 0 Å². The molecule has 1 aliphatic rings. The van der Waals surface area contributed by atoms with Crippen LogP contribution in [0.3, 0.4) is 0 Å². The first kappa shape index (κ1) is 13.9. The predicted octanol–water partition coefficient (Wildman–Crippen LogP) is 4.42. The van der Waals surface area contributed by atoms with Gasteiger partial charge in [0.2, 0.25) is 0 Å². The number of carboxylic acid groups (broad SMARTS) is 1. The Morgan fingerprint density at radius 1 is 1.14 bits per heavy atom. The summed E-state index contributed by atoms with van der Waals surface area (Å²) < 4.78 is 0. The molecule has 1 fully saturated rings. The molecular formula is C19H20O2. The molecule has 2 nitrogen and oxygen atoms in total.